The number of hydrogen-bond donors (Lipinski definition) is 2. The van der Waals surface area contributed by atoms with E-state index in [1.165, 1.54) is 5.56 Å². The molecule has 0 saturated carbocycles. The van der Waals surface area contributed by atoms with E-state index in [1.54, 1.807) is 6.26 Å². The molecular weight excluding hydrogens is 328 g/mol. The third-order valence-electron chi connectivity index (χ3n) is 4.32. The lowest BCUT2D eigenvalue weighted by atomic mass is 10.1. The van der Waals surface area contributed by atoms with Gasteiger partial charge in [-0.3, -0.25) is 0 Å². The van der Waals surface area contributed by atoms with Crippen LogP contribution in [0.5, 0.6) is 0 Å². The fraction of sp³-hybridized carbons (Fsp3) is 0.211. The van der Waals surface area contributed by atoms with Gasteiger partial charge in [0.1, 0.15) is 5.82 Å². The van der Waals surface area contributed by atoms with Gasteiger partial charge >= 0.3 is 0 Å². The van der Waals surface area contributed by atoms with Crippen molar-refractivity contribution in [1.82, 2.24) is 19.5 Å². The molecule has 0 bridgehead atoms. The molecule has 3 N–H and O–H groups in total. The summed E-state index contributed by atoms with van der Waals surface area (Å²) in [5.74, 6) is 8.37. The Bertz CT molecular complexity index is 1010. The van der Waals surface area contributed by atoms with Crippen LogP contribution >= 0.6 is 0 Å². The van der Waals surface area contributed by atoms with Crippen molar-refractivity contribution in [3.63, 3.8) is 0 Å². The van der Waals surface area contributed by atoms with Crippen LogP contribution in [0.15, 0.2) is 53.1 Å². The Morgan fingerprint density at radius 3 is 2.58 bits per heavy atom. The number of benzene rings is 1. The third-order valence-corrected chi connectivity index (χ3v) is 4.32. The molecule has 26 heavy (non-hydrogen) atoms. The molecule has 7 nitrogen and oxygen atoms in total. The van der Waals surface area contributed by atoms with Crippen LogP contribution in [-0.2, 0) is 19.4 Å². The quantitative estimate of drug-likeness (QED) is 0.410. The first-order valence-corrected chi connectivity index (χ1v) is 8.61. The molecule has 0 aliphatic carbocycles. The van der Waals surface area contributed by atoms with Crippen molar-refractivity contribution in [2.24, 2.45) is 5.84 Å². The average Bonchev–Trinajstić information content (AvgIpc) is 3.33. The van der Waals surface area contributed by atoms with E-state index in [0.717, 1.165) is 30.1 Å². The fourth-order valence-corrected chi connectivity index (χ4v) is 3.05. The zero-order chi connectivity index (χ0) is 17.9. The number of rotatable bonds is 6. The molecule has 0 spiro atoms. The van der Waals surface area contributed by atoms with Crippen molar-refractivity contribution in [3.8, 4) is 11.6 Å². The summed E-state index contributed by atoms with van der Waals surface area (Å²) in [6.45, 7) is 2.76. The molecule has 0 atom stereocenters. The first-order valence-electron chi connectivity index (χ1n) is 8.61. The largest absolute Gasteiger partial charge is 0.461 e. The van der Waals surface area contributed by atoms with E-state index in [-0.39, 0.29) is 0 Å². The summed E-state index contributed by atoms with van der Waals surface area (Å²) in [6.07, 6.45) is 3.22. The SMILES string of the molecule is CCn1c(-c2ccco2)nc2c(NN)nc(CCc3ccccc3)nc21. The Hall–Kier alpha value is -3.19. The molecule has 4 rings (SSSR count). The van der Waals surface area contributed by atoms with E-state index in [9.17, 15) is 0 Å². The third kappa shape index (κ3) is 2.93. The van der Waals surface area contributed by atoms with E-state index in [1.807, 2.05) is 34.9 Å². The Kier molecular flexibility index (Phi) is 4.37. The summed E-state index contributed by atoms with van der Waals surface area (Å²) in [5.41, 5.74) is 5.31. The van der Waals surface area contributed by atoms with E-state index in [4.69, 9.17) is 15.2 Å². The zero-order valence-corrected chi connectivity index (χ0v) is 14.5. The zero-order valence-electron chi connectivity index (χ0n) is 14.5. The predicted molar refractivity (Wildman–Crippen MR) is 100 cm³/mol. The summed E-state index contributed by atoms with van der Waals surface area (Å²) in [4.78, 5) is 14.0. The van der Waals surface area contributed by atoms with Crippen LogP contribution in [0.3, 0.4) is 0 Å². The molecule has 0 fully saturated rings. The van der Waals surface area contributed by atoms with Gasteiger partial charge in [0.15, 0.2) is 28.6 Å². The van der Waals surface area contributed by atoms with Crippen LogP contribution in [0, 0.1) is 0 Å². The van der Waals surface area contributed by atoms with Gasteiger partial charge in [-0.15, -0.1) is 0 Å². The molecule has 3 heterocycles. The minimum Gasteiger partial charge on any atom is -0.461 e. The van der Waals surface area contributed by atoms with Crippen LogP contribution < -0.4 is 11.3 Å². The van der Waals surface area contributed by atoms with Crippen LogP contribution in [0.1, 0.15) is 18.3 Å². The number of nitrogens with one attached hydrogen (secondary N) is 1. The van der Waals surface area contributed by atoms with Gasteiger partial charge in [0.05, 0.1) is 6.26 Å². The van der Waals surface area contributed by atoms with Gasteiger partial charge < -0.3 is 14.4 Å². The summed E-state index contributed by atoms with van der Waals surface area (Å²) >= 11 is 0. The predicted octanol–water partition coefficient (Wildman–Crippen LogP) is 3.18. The summed E-state index contributed by atoms with van der Waals surface area (Å²) in [7, 11) is 0. The molecule has 3 aromatic heterocycles. The highest BCUT2D eigenvalue weighted by Gasteiger charge is 2.19. The van der Waals surface area contributed by atoms with Gasteiger partial charge in [0.25, 0.3) is 0 Å². The smallest absolute Gasteiger partial charge is 0.178 e. The highest BCUT2D eigenvalue weighted by molar-refractivity contribution is 5.86. The second-order valence-electron chi connectivity index (χ2n) is 5.95. The number of hydrogen-bond acceptors (Lipinski definition) is 6. The molecule has 0 radical (unpaired) electrons. The van der Waals surface area contributed by atoms with Crippen LogP contribution in [0.4, 0.5) is 5.82 Å². The maximum atomic E-state index is 5.70. The van der Waals surface area contributed by atoms with Crippen molar-refractivity contribution in [1.29, 1.82) is 0 Å². The Balaban J connectivity index is 1.76. The van der Waals surface area contributed by atoms with Crippen LogP contribution in [0.2, 0.25) is 0 Å². The average molecular weight is 348 g/mol. The lowest BCUT2D eigenvalue weighted by molar-refractivity contribution is 0.571. The molecule has 0 saturated heterocycles. The van der Waals surface area contributed by atoms with E-state index >= 15 is 0 Å². The summed E-state index contributed by atoms with van der Waals surface area (Å²) in [5, 5.41) is 0. The van der Waals surface area contributed by atoms with E-state index < -0.39 is 0 Å². The number of hydrazine groups is 1. The number of fused-ring (bicyclic) bond motifs is 1. The van der Waals surface area contributed by atoms with Crippen molar-refractivity contribution >= 4 is 17.0 Å². The Morgan fingerprint density at radius 1 is 1.04 bits per heavy atom. The Morgan fingerprint density at radius 2 is 1.88 bits per heavy atom. The van der Waals surface area contributed by atoms with Gasteiger partial charge in [0.2, 0.25) is 0 Å². The Labute approximate surface area is 150 Å². The highest BCUT2D eigenvalue weighted by atomic mass is 16.3. The van der Waals surface area contributed by atoms with Gasteiger partial charge in [-0.05, 0) is 31.0 Å². The van der Waals surface area contributed by atoms with E-state index in [0.29, 0.717) is 23.6 Å². The molecule has 0 unspecified atom stereocenters. The number of aryl methyl sites for hydroxylation is 3. The monoisotopic (exact) mass is 348 g/mol. The summed E-state index contributed by atoms with van der Waals surface area (Å²) < 4.78 is 7.53. The van der Waals surface area contributed by atoms with Crippen molar-refractivity contribution in [2.45, 2.75) is 26.3 Å². The van der Waals surface area contributed by atoms with Gasteiger partial charge in [0, 0.05) is 13.0 Å². The topological polar surface area (TPSA) is 94.8 Å². The lowest BCUT2D eigenvalue weighted by Gasteiger charge is -2.07. The van der Waals surface area contributed by atoms with Crippen LogP contribution in [-0.4, -0.2) is 19.5 Å². The van der Waals surface area contributed by atoms with Gasteiger partial charge in [-0.2, -0.15) is 0 Å². The maximum Gasteiger partial charge on any atom is 0.178 e. The molecule has 132 valence electrons. The normalized spacial score (nSPS) is 11.2. The van der Waals surface area contributed by atoms with Crippen LogP contribution in [0.25, 0.3) is 22.7 Å². The number of anilines is 1. The molecule has 4 aromatic rings. The maximum absolute atomic E-state index is 5.70. The van der Waals surface area contributed by atoms with Crippen molar-refractivity contribution in [2.75, 3.05) is 5.43 Å². The minimum atomic E-state index is 0.526. The first-order chi connectivity index (χ1) is 12.8. The molecule has 1 aromatic carbocycles. The second kappa shape index (κ2) is 6.97. The number of nitrogens with two attached hydrogens (primary N) is 1. The van der Waals surface area contributed by atoms with Crippen molar-refractivity contribution < 1.29 is 4.42 Å². The number of nitrogens with zero attached hydrogens (tertiary/aromatic N) is 4. The van der Waals surface area contributed by atoms with Gasteiger partial charge in [-0.1, -0.05) is 30.3 Å². The molecular formula is C19H20N6O. The molecule has 0 aliphatic heterocycles. The first kappa shape index (κ1) is 16.3. The number of imidazole rings is 1. The lowest BCUT2D eigenvalue weighted by Crippen LogP contribution is -2.12. The standard InChI is InChI=1S/C19H20N6O/c1-2-25-18(14-9-6-12-26-14)23-16-17(24-20)21-15(22-19(16)25)11-10-13-7-4-3-5-8-13/h3-9,12H,2,10-11,20H2,1H3,(H,21,22,24). The number of furan rings is 1. The fourth-order valence-electron chi connectivity index (χ4n) is 3.05. The van der Waals surface area contributed by atoms with Gasteiger partial charge in [-0.25, -0.2) is 20.8 Å². The molecule has 7 heteroatoms. The summed E-state index contributed by atoms with van der Waals surface area (Å²) in [6, 6.07) is 14.0. The minimum absolute atomic E-state index is 0.526. The van der Waals surface area contributed by atoms with E-state index in [2.05, 4.69) is 34.5 Å². The number of aromatic nitrogens is 4. The molecule has 0 aliphatic rings. The highest BCUT2D eigenvalue weighted by Crippen LogP contribution is 2.27. The molecule has 0 amide bonds. The number of nitrogen functional groups attached to an aromatic ring is 1. The second-order valence-corrected chi connectivity index (χ2v) is 5.95. The van der Waals surface area contributed by atoms with Crippen molar-refractivity contribution in [3.05, 3.63) is 60.1 Å².